The van der Waals surface area contributed by atoms with E-state index in [2.05, 4.69) is 10.6 Å². The highest BCUT2D eigenvalue weighted by Gasteiger charge is 2.15. The molecule has 0 fully saturated rings. The molecule has 5 nitrogen and oxygen atoms in total. The number of carbonyl (C=O) groups is 1. The molecule has 1 unspecified atom stereocenters. The van der Waals surface area contributed by atoms with Crippen LogP contribution in [0, 0.1) is 0 Å². The number of hydrogen-bond acceptors (Lipinski definition) is 3. The SMILES string of the molecule is CCCOc1ccccc1NC(=O)NC(CCCO)c1ccccc1. The normalized spacial score (nSPS) is 11.6. The second-order valence-electron chi connectivity index (χ2n) is 5.77. The van der Waals surface area contributed by atoms with Gasteiger partial charge in [0, 0.05) is 6.61 Å². The van der Waals surface area contributed by atoms with E-state index in [-0.39, 0.29) is 18.7 Å². The van der Waals surface area contributed by atoms with Gasteiger partial charge in [0.2, 0.25) is 0 Å². The van der Waals surface area contributed by atoms with Crippen molar-refractivity contribution < 1.29 is 14.6 Å². The van der Waals surface area contributed by atoms with Crippen molar-refractivity contribution in [3.8, 4) is 5.75 Å². The van der Waals surface area contributed by atoms with E-state index in [1.165, 1.54) is 0 Å². The molecule has 0 aromatic heterocycles. The van der Waals surface area contributed by atoms with Crippen molar-refractivity contribution in [3.05, 3.63) is 60.2 Å². The van der Waals surface area contributed by atoms with Gasteiger partial charge in [0.15, 0.2) is 0 Å². The van der Waals surface area contributed by atoms with E-state index < -0.39 is 0 Å². The van der Waals surface area contributed by atoms with Crippen LogP contribution in [0.3, 0.4) is 0 Å². The molecule has 0 aliphatic rings. The summed E-state index contributed by atoms with van der Waals surface area (Å²) in [5.74, 6) is 0.658. The van der Waals surface area contributed by atoms with Gasteiger partial charge in [-0.15, -0.1) is 0 Å². The second-order valence-corrected chi connectivity index (χ2v) is 5.77. The average molecular weight is 342 g/mol. The Labute approximate surface area is 149 Å². The maximum atomic E-state index is 12.4. The van der Waals surface area contributed by atoms with Gasteiger partial charge in [-0.1, -0.05) is 49.4 Å². The van der Waals surface area contributed by atoms with E-state index in [1.807, 2.05) is 61.5 Å². The lowest BCUT2D eigenvalue weighted by molar-refractivity contribution is 0.243. The summed E-state index contributed by atoms with van der Waals surface area (Å²) in [7, 11) is 0. The van der Waals surface area contributed by atoms with Crippen LogP contribution in [-0.4, -0.2) is 24.4 Å². The zero-order valence-electron chi connectivity index (χ0n) is 14.6. The Morgan fingerprint density at radius 1 is 1.12 bits per heavy atom. The quantitative estimate of drug-likeness (QED) is 0.642. The molecular weight excluding hydrogens is 316 g/mol. The Bertz CT molecular complexity index is 646. The summed E-state index contributed by atoms with van der Waals surface area (Å²) < 4.78 is 5.67. The summed E-state index contributed by atoms with van der Waals surface area (Å²) in [5.41, 5.74) is 1.66. The van der Waals surface area contributed by atoms with Crippen LogP contribution in [0.15, 0.2) is 54.6 Å². The molecule has 2 amide bonds. The van der Waals surface area contributed by atoms with Gasteiger partial charge < -0.3 is 20.5 Å². The van der Waals surface area contributed by atoms with Crippen LogP contribution >= 0.6 is 0 Å². The molecule has 1 atom stereocenters. The minimum Gasteiger partial charge on any atom is -0.491 e. The van der Waals surface area contributed by atoms with Gasteiger partial charge in [0.25, 0.3) is 0 Å². The zero-order chi connectivity index (χ0) is 17.9. The molecule has 0 radical (unpaired) electrons. The van der Waals surface area contributed by atoms with Crippen molar-refractivity contribution in [2.45, 2.75) is 32.2 Å². The topological polar surface area (TPSA) is 70.6 Å². The minimum atomic E-state index is -0.292. The standard InChI is InChI=1S/C20H26N2O3/c1-2-15-25-19-13-7-6-11-18(19)22-20(24)21-17(12-8-14-23)16-9-4-3-5-10-16/h3-7,9-11,13,17,23H,2,8,12,14-15H2,1H3,(H2,21,22,24). The number of benzene rings is 2. The lowest BCUT2D eigenvalue weighted by atomic mass is 10.0. The maximum absolute atomic E-state index is 12.4. The summed E-state index contributed by atoms with van der Waals surface area (Å²) >= 11 is 0. The number of anilines is 1. The molecule has 2 rings (SSSR count). The molecule has 5 heteroatoms. The maximum Gasteiger partial charge on any atom is 0.319 e. The van der Waals surface area contributed by atoms with E-state index in [1.54, 1.807) is 0 Å². The smallest absolute Gasteiger partial charge is 0.319 e. The average Bonchev–Trinajstić information content (AvgIpc) is 2.65. The van der Waals surface area contributed by atoms with Crippen LogP contribution in [0.1, 0.15) is 37.8 Å². The highest BCUT2D eigenvalue weighted by molar-refractivity contribution is 5.91. The number of carbonyl (C=O) groups excluding carboxylic acids is 1. The minimum absolute atomic E-state index is 0.0975. The first-order valence-corrected chi connectivity index (χ1v) is 8.69. The highest BCUT2D eigenvalue weighted by Crippen LogP contribution is 2.24. The third kappa shape index (κ3) is 6.12. The number of aliphatic hydroxyl groups excluding tert-OH is 1. The third-order valence-corrected chi connectivity index (χ3v) is 3.76. The van der Waals surface area contributed by atoms with Gasteiger partial charge in [0.1, 0.15) is 5.75 Å². The van der Waals surface area contributed by atoms with Crippen LogP contribution in [0.4, 0.5) is 10.5 Å². The summed E-state index contributed by atoms with van der Waals surface area (Å²) in [5, 5.41) is 14.9. The van der Waals surface area contributed by atoms with Gasteiger partial charge in [0.05, 0.1) is 18.3 Å². The predicted octanol–water partition coefficient (Wildman–Crippen LogP) is 4.11. The highest BCUT2D eigenvalue weighted by atomic mass is 16.5. The van der Waals surface area contributed by atoms with E-state index in [9.17, 15) is 4.79 Å². The first-order valence-electron chi connectivity index (χ1n) is 8.69. The molecule has 2 aromatic rings. The summed E-state index contributed by atoms with van der Waals surface area (Å²) in [6.45, 7) is 2.73. The van der Waals surface area contributed by atoms with Crippen molar-refractivity contribution in [2.24, 2.45) is 0 Å². The Morgan fingerprint density at radius 2 is 1.84 bits per heavy atom. The van der Waals surface area contributed by atoms with Crippen LogP contribution in [0.25, 0.3) is 0 Å². The number of nitrogens with one attached hydrogen (secondary N) is 2. The predicted molar refractivity (Wildman–Crippen MR) is 99.9 cm³/mol. The monoisotopic (exact) mass is 342 g/mol. The molecule has 0 bridgehead atoms. The van der Waals surface area contributed by atoms with Crippen LogP contribution in [0.2, 0.25) is 0 Å². The van der Waals surface area contributed by atoms with Crippen LogP contribution < -0.4 is 15.4 Å². The van der Waals surface area contributed by atoms with Crippen molar-refractivity contribution in [3.63, 3.8) is 0 Å². The summed E-state index contributed by atoms with van der Waals surface area (Å²) in [6.07, 6.45) is 2.19. The first-order chi connectivity index (χ1) is 12.2. The van der Waals surface area contributed by atoms with E-state index in [4.69, 9.17) is 9.84 Å². The molecule has 3 N–H and O–H groups in total. The molecule has 134 valence electrons. The lowest BCUT2D eigenvalue weighted by Gasteiger charge is -2.20. The van der Waals surface area contributed by atoms with E-state index in [0.717, 1.165) is 12.0 Å². The van der Waals surface area contributed by atoms with Gasteiger partial charge in [-0.05, 0) is 37.0 Å². The van der Waals surface area contributed by atoms with Gasteiger partial charge in [-0.2, -0.15) is 0 Å². The molecular formula is C20H26N2O3. The number of hydrogen-bond donors (Lipinski definition) is 3. The Hall–Kier alpha value is -2.53. The molecule has 0 heterocycles. The third-order valence-electron chi connectivity index (χ3n) is 3.76. The number of amides is 2. The number of ether oxygens (including phenoxy) is 1. The Kier molecular flexibility index (Phi) is 7.79. The summed E-state index contributed by atoms with van der Waals surface area (Å²) in [6, 6.07) is 16.7. The molecule has 2 aromatic carbocycles. The van der Waals surface area contributed by atoms with Crippen molar-refractivity contribution >= 4 is 11.7 Å². The first kappa shape index (κ1) is 18.8. The van der Waals surface area contributed by atoms with Crippen molar-refractivity contribution in [1.82, 2.24) is 5.32 Å². The molecule has 25 heavy (non-hydrogen) atoms. The fraction of sp³-hybridized carbons (Fsp3) is 0.350. The molecule has 0 saturated heterocycles. The van der Waals surface area contributed by atoms with Gasteiger partial charge >= 0.3 is 6.03 Å². The van der Waals surface area contributed by atoms with E-state index >= 15 is 0 Å². The molecule has 0 aliphatic heterocycles. The van der Waals surface area contributed by atoms with Gasteiger partial charge in [-0.3, -0.25) is 0 Å². The fourth-order valence-electron chi connectivity index (χ4n) is 2.53. The largest absolute Gasteiger partial charge is 0.491 e. The second kappa shape index (κ2) is 10.4. The lowest BCUT2D eigenvalue weighted by Crippen LogP contribution is -2.32. The molecule has 0 saturated carbocycles. The number of rotatable bonds is 9. The molecule has 0 aliphatic carbocycles. The van der Waals surface area contributed by atoms with E-state index in [0.29, 0.717) is 30.9 Å². The fourth-order valence-corrected chi connectivity index (χ4v) is 2.53. The van der Waals surface area contributed by atoms with Gasteiger partial charge in [-0.25, -0.2) is 4.79 Å². The summed E-state index contributed by atoms with van der Waals surface area (Å²) in [4.78, 5) is 12.4. The van der Waals surface area contributed by atoms with Crippen LogP contribution in [-0.2, 0) is 0 Å². The number of aliphatic hydroxyl groups is 1. The number of para-hydroxylation sites is 2. The van der Waals surface area contributed by atoms with Crippen molar-refractivity contribution in [2.75, 3.05) is 18.5 Å². The Balaban J connectivity index is 2.04. The number of urea groups is 1. The zero-order valence-corrected chi connectivity index (χ0v) is 14.6. The Morgan fingerprint density at radius 3 is 2.56 bits per heavy atom. The van der Waals surface area contributed by atoms with Crippen LogP contribution in [0.5, 0.6) is 5.75 Å². The molecule has 0 spiro atoms. The van der Waals surface area contributed by atoms with Crippen molar-refractivity contribution in [1.29, 1.82) is 0 Å².